The van der Waals surface area contributed by atoms with Gasteiger partial charge >= 0.3 is 0 Å². The summed E-state index contributed by atoms with van der Waals surface area (Å²) in [6, 6.07) is 7.30. The monoisotopic (exact) mass is 335 g/mol. The molecule has 0 spiro atoms. The Bertz CT molecular complexity index is 577. The number of ether oxygens (including phenoxy) is 2. The van der Waals surface area contributed by atoms with Crippen molar-refractivity contribution in [2.45, 2.75) is 31.6 Å². The van der Waals surface area contributed by atoms with Gasteiger partial charge in [0.05, 0.1) is 6.10 Å². The Morgan fingerprint density at radius 3 is 2.83 bits per heavy atom. The average molecular weight is 335 g/mol. The molecule has 132 valence electrons. The van der Waals surface area contributed by atoms with Gasteiger partial charge in [0.1, 0.15) is 11.9 Å². The van der Waals surface area contributed by atoms with Gasteiger partial charge in [-0.15, -0.1) is 0 Å². The van der Waals surface area contributed by atoms with Crippen LogP contribution in [0.4, 0.5) is 0 Å². The SMILES string of the molecule is CN(C)C(=O)COc1cccc(CNC(=O)[C@@H]2CC[C@H](CN)O2)c1. The van der Waals surface area contributed by atoms with E-state index in [1.165, 1.54) is 4.90 Å². The van der Waals surface area contributed by atoms with E-state index in [9.17, 15) is 9.59 Å². The van der Waals surface area contributed by atoms with Crippen LogP contribution >= 0.6 is 0 Å². The van der Waals surface area contributed by atoms with E-state index in [1.54, 1.807) is 26.2 Å². The maximum atomic E-state index is 12.1. The molecule has 2 rings (SSSR count). The second-order valence-corrected chi connectivity index (χ2v) is 6.00. The van der Waals surface area contributed by atoms with Crippen LogP contribution in [0.2, 0.25) is 0 Å². The van der Waals surface area contributed by atoms with E-state index >= 15 is 0 Å². The highest BCUT2D eigenvalue weighted by atomic mass is 16.5. The fourth-order valence-electron chi connectivity index (χ4n) is 2.39. The van der Waals surface area contributed by atoms with Crippen LogP contribution in [-0.4, -0.2) is 56.2 Å². The predicted molar refractivity (Wildman–Crippen MR) is 89.4 cm³/mol. The summed E-state index contributed by atoms with van der Waals surface area (Å²) in [5.74, 6) is 0.360. The number of nitrogens with one attached hydrogen (secondary N) is 1. The van der Waals surface area contributed by atoms with E-state index in [1.807, 2.05) is 12.1 Å². The number of carbonyl (C=O) groups excluding carboxylic acids is 2. The molecule has 1 heterocycles. The summed E-state index contributed by atoms with van der Waals surface area (Å²) in [5, 5.41) is 2.86. The summed E-state index contributed by atoms with van der Waals surface area (Å²) in [6.45, 7) is 0.804. The van der Waals surface area contributed by atoms with Crippen molar-refractivity contribution in [2.75, 3.05) is 27.2 Å². The van der Waals surface area contributed by atoms with Crippen LogP contribution in [0.5, 0.6) is 5.75 Å². The molecule has 2 amide bonds. The van der Waals surface area contributed by atoms with Gasteiger partial charge in [-0.2, -0.15) is 0 Å². The average Bonchev–Trinajstić information content (AvgIpc) is 3.07. The Morgan fingerprint density at radius 1 is 1.38 bits per heavy atom. The van der Waals surface area contributed by atoms with Gasteiger partial charge < -0.3 is 25.4 Å². The summed E-state index contributed by atoms with van der Waals surface area (Å²) in [6.07, 6.45) is 1.07. The summed E-state index contributed by atoms with van der Waals surface area (Å²) in [5.41, 5.74) is 6.44. The Hall–Kier alpha value is -2.12. The van der Waals surface area contributed by atoms with E-state index in [0.29, 0.717) is 25.3 Å². The highest BCUT2D eigenvalue weighted by Crippen LogP contribution is 2.19. The minimum atomic E-state index is -0.421. The van der Waals surface area contributed by atoms with Crippen LogP contribution in [0.25, 0.3) is 0 Å². The van der Waals surface area contributed by atoms with Gasteiger partial charge in [-0.25, -0.2) is 0 Å². The number of carbonyl (C=O) groups is 2. The molecule has 0 radical (unpaired) electrons. The lowest BCUT2D eigenvalue weighted by atomic mass is 10.1. The van der Waals surface area contributed by atoms with Crippen LogP contribution in [-0.2, 0) is 20.9 Å². The zero-order valence-corrected chi connectivity index (χ0v) is 14.2. The Labute approximate surface area is 142 Å². The second kappa shape index (κ2) is 8.65. The zero-order valence-electron chi connectivity index (χ0n) is 14.2. The molecule has 0 aliphatic carbocycles. The molecule has 1 aromatic rings. The fraction of sp³-hybridized carbons (Fsp3) is 0.529. The number of hydrogen-bond acceptors (Lipinski definition) is 5. The fourth-order valence-corrected chi connectivity index (χ4v) is 2.39. The van der Waals surface area contributed by atoms with Crippen molar-refractivity contribution in [1.82, 2.24) is 10.2 Å². The number of benzene rings is 1. The summed E-state index contributed by atoms with van der Waals surface area (Å²) >= 11 is 0. The van der Waals surface area contributed by atoms with E-state index < -0.39 is 6.10 Å². The van der Waals surface area contributed by atoms with E-state index in [-0.39, 0.29) is 24.5 Å². The molecule has 1 aliphatic rings. The van der Waals surface area contributed by atoms with Gasteiger partial charge in [0.25, 0.3) is 5.91 Å². The standard InChI is InChI=1S/C17H25N3O4/c1-20(2)16(21)11-23-13-5-3-4-12(8-13)10-19-17(22)15-7-6-14(9-18)24-15/h3-5,8,14-15H,6-7,9-11,18H2,1-2H3,(H,19,22)/t14-,15+/m1/s1. The predicted octanol–water partition coefficient (Wildman–Crippen LogP) is 0.276. The number of nitrogens with two attached hydrogens (primary N) is 1. The maximum absolute atomic E-state index is 12.1. The van der Waals surface area contributed by atoms with Crippen molar-refractivity contribution >= 4 is 11.8 Å². The smallest absolute Gasteiger partial charge is 0.259 e. The number of nitrogens with zero attached hydrogens (tertiary/aromatic N) is 1. The number of hydrogen-bond donors (Lipinski definition) is 2. The van der Waals surface area contributed by atoms with Gasteiger partial charge in [0, 0.05) is 27.2 Å². The first-order chi connectivity index (χ1) is 11.5. The molecule has 0 unspecified atom stereocenters. The highest BCUT2D eigenvalue weighted by molar-refractivity contribution is 5.81. The molecule has 1 fully saturated rings. The number of likely N-dealkylation sites (N-methyl/N-ethyl adjacent to an activating group) is 1. The lowest BCUT2D eigenvalue weighted by Crippen LogP contribution is -2.35. The minimum Gasteiger partial charge on any atom is -0.484 e. The molecule has 2 atom stereocenters. The molecule has 0 aromatic heterocycles. The lowest BCUT2D eigenvalue weighted by molar-refractivity contribution is -0.132. The second-order valence-electron chi connectivity index (χ2n) is 6.00. The lowest BCUT2D eigenvalue weighted by Gasteiger charge is -2.14. The van der Waals surface area contributed by atoms with Gasteiger partial charge in [-0.3, -0.25) is 9.59 Å². The van der Waals surface area contributed by atoms with Crippen LogP contribution in [0.3, 0.4) is 0 Å². The van der Waals surface area contributed by atoms with E-state index in [0.717, 1.165) is 12.0 Å². The third-order valence-corrected chi connectivity index (χ3v) is 3.89. The summed E-state index contributed by atoms with van der Waals surface area (Å²) in [7, 11) is 3.36. The van der Waals surface area contributed by atoms with Crippen LogP contribution < -0.4 is 15.8 Å². The molecule has 7 heteroatoms. The van der Waals surface area contributed by atoms with Gasteiger partial charge in [0.15, 0.2) is 6.61 Å². The third-order valence-electron chi connectivity index (χ3n) is 3.89. The van der Waals surface area contributed by atoms with Crippen LogP contribution in [0.1, 0.15) is 18.4 Å². The Kier molecular flexibility index (Phi) is 6.57. The quantitative estimate of drug-likeness (QED) is 0.746. The maximum Gasteiger partial charge on any atom is 0.259 e. The molecular weight excluding hydrogens is 310 g/mol. The van der Waals surface area contributed by atoms with Gasteiger partial charge in [0.2, 0.25) is 5.91 Å². The van der Waals surface area contributed by atoms with Crippen molar-refractivity contribution in [1.29, 1.82) is 0 Å². The van der Waals surface area contributed by atoms with Crippen LogP contribution in [0.15, 0.2) is 24.3 Å². The first kappa shape index (κ1) is 18.2. The largest absolute Gasteiger partial charge is 0.484 e. The Morgan fingerprint density at radius 2 is 2.17 bits per heavy atom. The first-order valence-electron chi connectivity index (χ1n) is 8.04. The molecule has 1 aromatic carbocycles. The van der Waals surface area contributed by atoms with Crippen molar-refractivity contribution in [3.63, 3.8) is 0 Å². The number of amides is 2. The first-order valence-corrected chi connectivity index (χ1v) is 8.04. The molecular formula is C17H25N3O4. The molecule has 0 saturated carbocycles. The molecule has 1 aliphatic heterocycles. The van der Waals surface area contributed by atoms with E-state index in [4.69, 9.17) is 15.2 Å². The molecule has 7 nitrogen and oxygen atoms in total. The Balaban J connectivity index is 1.81. The minimum absolute atomic E-state index is 0.0147. The zero-order chi connectivity index (χ0) is 17.5. The van der Waals surface area contributed by atoms with Gasteiger partial charge in [-0.05, 0) is 30.5 Å². The molecule has 3 N–H and O–H groups in total. The highest BCUT2D eigenvalue weighted by Gasteiger charge is 2.29. The van der Waals surface area contributed by atoms with Crippen LogP contribution in [0, 0.1) is 0 Å². The van der Waals surface area contributed by atoms with Crippen molar-refractivity contribution < 1.29 is 19.1 Å². The van der Waals surface area contributed by atoms with Crippen molar-refractivity contribution in [3.8, 4) is 5.75 Å². The topological polar surface area (TPSA) is 93.9 Å². The van der Waals surface area contributed by atoms with E-state index in [2.05, 4.69) is 5.32 Å². The number of rotatable bonds is 7. The molecule has 24 heavy (non-hydrogen) atoms. The molecule has 1 saturated heterocycles. The normalized spacial score (nSPS) is 19.8. The van der Waals surface area contributed by atoms with Gasteiger partial charge in [-0.1, -0.05) is 12.1 Å². The van der Waals surface area contributed by atoms with Crippen molar-refractivity contribution in [3.05, 3.63) is 29.8 Å². The van der Waals surface area contributed by atoms with Crippen molar-refractivity contribution in [2.24, 2.45) is 5.73 Å². The summed E-state index contributed by atoms with van der Waals surface area (Å²) in [4.78, 5) is 25.1. The summed E-state index contributed by atoms with van der Waals surface area (Å²) < 4.78 is 11.0. The molecule has 0 bridgehead atoms. The third kappa shape index (κ3) is 5.21.